The monoisotopic (exact) mass is 556 g/mol. The molecular weight excluding hydrogens is 528 g/mol. The van der Waals surface area contributed by atoms with Gasteiger partial charge in [0.25, 0.3) is 11.8 Å². The first-order chi connectivity index (χ1) is 18.8. The Hall–Kier alpha value is -4.21. The van der Waals surface area contributed by atoms with E-state index < -0.39 is 5.91 Å². The van der Waals surface area contributed by atoms with E-state index in [-0.39, 0.29) is 22.8 Å². The highest BCUT2D eigenvalue weighted by molar-refractivity contribution is 8.00. The maximum absolute atomic E-state index is 13.3. The fourth-order valence-corrected chi connectivity index (χ4v) is 5.21. The molecule has 1 aromatic heterocycles. The van der Waals surface area contributed by atoms with Gasteiger partial charge < -0.3 is 16.0 Å². The molecule has 3 N–H and O–H groups in total. The largest absolute Gasteiger partial charge is 0.321 e. The van der Waals surface area contributed by atoms with E-state index in [2.05, 4.69) is 20.9 Å². The van der Waals surface area contributed by atoms with Gasteiger partial charge in [-0.3, -0.25) is 14.4 Å². The second-order valence-corrected chi connectivity index (χ2v) is 11.1. The van der Waals surface area contributed by atoms with Gasteiger partial charge in [0.15, 0.2) is 5.13 Å². The first-order valence-corrected chi connectivity index (χ1v) is 14.0. The molecule has 4 aromatic rings. The Kier molecular flexibility index (Phi) is 9.30. The molecule has 1 unspecified atom stereocenters. The molecule has 0 aliphatic rings. The van der Waals surface area contributed by atoms with E-state index >= 15 is 0 Å². The van der Waals surface area contributed by atoms with Crippen LogP contribution in [0.1, 0.15) is 34.1 Å². The van der Waals surface area contributed by atoms with Gasteiger partial charge >= 0.3 is 0 Å². The molecule has 0 fully saturated rings. The van der Waals surface area contributed by atoms with Crippen LogP contribution in [0.4, 0.5) is 10.8 Å². The van der Waals surface area contributed by atoms with E-state index in [1.54, 1.807) is 48.5 Å². The van der Waals surface area contributed by atoms with Gasteiger partial charge in [0.1, 0.15) is 5.70 Å². The smallest absolute Gasteiger partial charge is 0.272 e. The fourth-order valence-electron chi connectivity index (χ4n) is 3.59. The molecule has 4 rings (SSSR count). The molecule has 3 aromatic carbocycles. The van der Waals surface area contributed by atoms with Gasteiger partial charge in [-0.2, -0.15) is 0 Å². The summed E-state index contributed by atoms with van der Waals surface area (Å²) in [5.41, 5.74) is 3.77. The number of nitrogens with one attached hydrogen (secondary N) is 3. The average molecular weight is 557 g/mol. The molecule has 0 radical (unpaired) electrons. The number of carbonyl (C=O) groups is 3. The summed E-state index contributed by atoms with van der Waals surface area (Å²) in [5.74, 6) is -1.01. The van der Waals surface area contributed by atoms with Gasteiger partial charge in [-0.15, -0.1) is 23.1 Å². The van der Waals surface area contributed by atoms with Crippen LogP contribution in [0.2, 0.25) is 0 Å². The minimum Gasteiger partial charge on any atom is -0.321 e. The number of hydrogen-bond acceptors (Lipinski definition) is 6. The molecule has 1 atom stereocenters. The summed E-state index contributed by atoms with van der Waals surface area (Å²) in [4.78, 5) is 43.9. The van der Waals surface area contributed by atoms with E-state index in [1.807, 2.05) is 62.5 Å². The number of nitrogens with zero attached hydrogens (tertiary/aromatic N) is 1. The van der Waals surface area contributed by atoms with Crippen LogP contribution in [0.15, 0.2) is 94.8 Å². The highest BCUT2D eigenvalue weighted by atomic mass is 32.2. The summed E-state index contributed by atoms with van der Waals surface area (Å²) in [6, 6.07) is 23.6. The summed E-state index contributed by atoms with van der Waals surface area (Å²) in [6.07, 6.45) is 1.65. The summed E-state index contributed by atoms with van der Waals surface area (Å²) < 4.78 is 0. The molecule has 39 heavy (non-hydrogen) atoms. The maximum atomic E-state index is 13.3. The fraction of sp³-hybridized carbons (Fsp3) is 0.133. The Bertz CT molecular complexity index is 1520. The van der Waals surface area contributed by atoms with Gasteiger partial charge in [0.2, 0.25) is 5.91 Å². The first-order valence-electron chi connectivity index (χ1n) is 12.2. The topological polar surface area (TPSA) is 100 Å². The van der Waals surface area contributed by atoms with Gasteiger partial charge in [0, 0.05) is 21.5 Å². The lowest BCUT2D eigenvalue weighted by atomic mass is 10.1. The number of benzene rings is 3. The summed E-state index contributed by atoms with van der Waals surface area (Å²) >= 11 is 2.75. The number of thiazole rings is 1. The number of thioether (sulfide) groups is 1. The van der Waals surface area contributed by atoms with Crippen LogP contribution in [0, 0.1) is 13.8 Å². The lowest BCUT2D eigenvalue weighted by Gasteiger charge is -2.14. The zero-order chi connectivity index (χ0) is 27.8. The zero-order valence-corrected chi connectivity index (χ0v) is 23.4. The van der Waals surface area contributed by atoms with Crippen LogP contribution in [-0.4, -0.2) is 28.0 Å². The van der Waals surface area contributed by atoms with E-state index in [1.165, 1.54) is 23.1 Å². The third-order valence-corrected chi connectivity index (χ3v) is 7.47. The molecule has 9 heteroatoms. The van der Waals surface area contributed by atoms with Crippen molar-refractivity contribution in [1.82, 2.24) is 10.3 Å². The Labute approximate surface area is 235 Å². The third kappa shape index (κ3) is 8.13. The van der Waals surface area contributed by atoms with Gasteiger partial charge in [-0.25, -0.2) is 4.98 Å². The van der Waals surface area contributed by atoms with Crippen molar-refractivity contribution in [2.75, 3.05) is 10.6 Å². The molecule has 0 bridgehead atoms. The standard InChI is InChI=1S/C30H28N4O3S2/c1-19-9-7-10-22(15-19)16-26(33-28(36)23-11-5-4-6-12-23)29(37)32-24-13-8-14-25(17-24)39-21(3)27(35)34-30-31-20(2)18-38-30/h4-18,21H,1-3H3,(H,32,37)(H,33,36)(H,31,34,35)/b26-16+. The molecule has 7 nitrogen and oxygen atoms in total. The summed E-state index contributed by atoms with van der Waals surface area (Å²) in [5, 5.41) is 10.5. The average Bonchev–Trinajstić information content (AvgIpc) is 3.33. The lowest BCUT2D eigenvalue weighted by molar-refractivity contribution is -0.115. The van der Waals surface area contributed by atoms with Crippen LogP contribution in [0.5, 0.6) is 0 Å². The molecule has 3 amide bonds. The second-order valence-electron chi connectivity index (χ2n) is 8.82. The number of amides is 3. The van der Waals surface area contributed by atoms with Crippen molar-refractivity contribution in [1.29, 1.82) is 0 Å². The lowest BCUT2D eigenvalue weighted by Crippen LogP contribution is -2.30. The predicted octanol–water partition coefficient (Wildman–Crippen LogP) is 6.29. The second kappa shape index (κ2) is 13.0. The zero-order valence-electron chi connectivity index (χ0n) is 21.7. The highest BCUT2D eigenvalue weighted by Gasteiger charge is 2.18. The van der Waals surface area contributed by atoms with Crippen LogP contribution in [0.3, 0.4) is 0 Å². The first kappa shape index (κ1) is 27.8. The van der Waals surface area contributed by atoms with Crippen molar-refractivity contribution in [3.63, 3.8) is 0 Å². The Morgan fingerprint density at radius 3 is 2.41 bits per heavy atom. The number of aromatic nitrogens is 1. The minimum atomic E-state index is -0.465. The van der Waals surface area contributed by atoms with Gasteiger partial charge in [-0.05, 0) is 62.7 Å². The van der Waals surface area contributed by atoms with Crippen LogP contribution in [-0.2, 0) is 9.59 Å². The van der Waals surface area contributed by atoms with E-state index in [0.717, 1.165) is 21.7 Å². The normalized spacial score (nSPS) is 11.9. The highest BCUT2D eigenvalue weighted by Crippen LogP contribution is 2.27. The van der Waals surface area contributed by atoms with Crippen molar-refractivity contribution in [3.8, 4) is 0 Å². The molecule has 0 spiro atoms. The molecular formula is C30H28N4O3S2. The van der Waals surface area contributed by atoms with E-state index in [9.17, 15) is 14.4 Å². The number of rotatable bonds is 9. The Balaban J connectivity index is 1.48. The predicted molar refractivity (Wildman–Crippen MR) is 159 cm³/mol. The minimum absolute atomic E-state index is 0.110. The molecule has 0 saturated heterocycles. The quantitative estimate of drug-likeness (QED) is 0.166. The maximum Gasteiger partial charge on any atom is 0.272 e. The number of hydrogen-bond donors (Lipinski definition) is 3. The van der Waals surface area contributed by atoms with Crippen LogP contribution < -0.4 is 16.0 Å². The number of anilines is 2. The van der Waals surface area contributed by atoms with Gasteiger partial charge in [-0.1, -0.05) is 54.1 Å². The number of aryl methyl sites for hydroxylation is 2. The van der Waals surface area contributed by atoms with Crippen molar-refractivity contribution in [3.05, 3.63) is 112 Å². The molecule has 1 heterocycles. The van der Waals surface area contributed by atoms with Crippen molar-refractivity contribution < 1.29 is 14.4 Å². The SMILES string of the molecule is Cc1cccc(/C=C(/NC(=O)c2ccccc2)C(=O)Nc2cccc(SC(C)C(=O)Nc3nc(C)cs3)c2)c1. The molecule has 0 saturated carbocycles. The molecule has 0 aliphatic carbocycles. The van der Waals surface area contributed by atoms with Crippen LogP contribution in [0.25, 0.3) is 6.08 Å². The van der Waals surface area contributed by atoms with E-state index in [4.69, 9.17) is 0 Å². The summed E-state index contributed by atoms with van der Waals surface area (Å²) in [7, 11) is 0. The Morgan fingerprint density at radius 2 is 1.69 bits per heavy atom. The van der Waals surface area contributed by atoms with Crippen molar-refractivity contribution >= 4 is 57.7 Å². The third-order valence-electron chi connectivity index (χ3n) is 5.51. The summed E-state index contributed by atoms with van der Waals surface area (Å²) in [6.45, 7) is 5.65. The van der Waals surface area contributed by atoms with Crippen LogP contribution >= 0.6 is 23.1 Å². The number of carbonyl (C=O) groups excluding carboxylic acids is 3. The molecule has 0 aliphatic heterocycles. The van der Waals surface area contributed by atoms with Gasteiger partial charge in [0.05, 0.1) is 10.9 Å². The van der Waals surface area contributed by atoms with Crippen molar-refractivity contribution in [2.45, 2.75) is 30.9 Å². The van der Waals surface area contributed by atoms with Crippen molar-refractivity contribution in [2.24, 2.45) is 0 Å². The Morgan fingerprint density at radius 1 is 0.923 bits per heavy atom. The van der Waals surface area contributed by atoms with E-state index in [0.29, 0.717) is 16.4 Å². The molecule has 198 valence electrons.